The highest BCUT2D eigenvalue weighted by Gasteiger charge is 2.22. The molecule has 1 aliphatic rings. The molecule has 0 aliphatic heterocycles. The Hall–Kier alpha value is -1.64. The van der Waals surface area contributed by atoms with Crippen LogP contribution in [-0.2, 0) is 4.79 Å². The molecule has 1 aromatic carbocycles. The third kappa shape index (κ3) is 1.62. The number of aromatic amines is 1. The van der Waals surface area contributed by atoms with Gasteiger partial charge in [0, 0.05) is 18.8 Å². The number of aromatic nitrogens is 2. The second kappa shape index (κ2) is 3.74. The van der Waals surface area contributed by atoms with Crippen molar-refractivity contribution in [2.45, 2.75) is 31.6 Å². The van der Waals surface area contributed by atoms with Gasteiger partial charge in [-0.15, -0.1) is 0 Å². The van der Waals surface area contributed by atoms with Crippen molar-refractivity contribution < 1.29 is 4.79 Å². The molecule has 1 aromatic heterocycles. The molecule has 0 atom stereocenters. The first-order valence-corrected chi connectivity index (χ1v) is 5.79. The molecular formula is C13H14N2O. The first-order chi connectivity index (χ1) is 7.83. The fourth-order valence-corrected chi connectivity index (χ4v) is 2.38. The molecule has 1 N–H and O–H groups in total. The summed E-state index contributed by atoms with van der Waals surface area (Å²) < 4.78 is 0. The zero-order valence-corrected chi connectivity index (χ0v) is 9.07. The summed E-state index contributed by atoms with van der Waals surface area (Å²) in [6.07, 6.45) is 3.31. The second-order valence-electron chi connectivity index (χ2n) is 4.45. The average molecular weight is 214 g/mol. The number of benzene rings is 1. The van der Waals surface area contributed by atoms with E-state index in [1.807, 2.05) is 24.3 Å². The molecule has 1 saturated carbocycles. The number of fused-ring (bicyclic) bond motifs is 1. The number of imidazole rings is 1. The Morgan fingerprint density at radius 2 is 1.94 bits per heavy atom. The quantitative estimate of drug-likeness (QED) is 0.793. The van der Waals surface area contributed by atoms with Crippen LogP contribution in [0, 0.1) is 0 Å². The molecule has 82 valence electrons. The summed E-state index contributed by atoms with van der Waals surface area (Å²) in [7, 11) is 0. The number of hydrogen-bond donors (Lipinski definition) is 1. The highest BCUT2D eigenvalue weighted by molar-refractivity contribution is 5.79. The maximum absolute atomic E-state index is 11.2. The topological polar surface area (TPSA) is 45.8 Å². The monoisotopic (exact) mass is 214 g/mol. The fraction of sp³-hybridized carbons (Fsp3) is 0.385. The van der Waals surface area contributed by atoms with Crippen LogP contribution in [0.1, 0.15) is 37.4 Å². The van der Waals surface area contributed by atoms with Crippen molar-refractivity contribution in [1.29, 1.82) is 0 Å². The van der Waals surface area contributed by atoms with Gasteiger partial charge >= 0.3 is 0 Å². The molecule has 3 rings (SSSR count). The van der Waals surface area contributed by atoms with E-state index in [4.69, 9.17) is 0 Å². The summed E-state index contributed by atoms with van der Waals surface area (Å²) in [4.78, 5) is 19.1. The molecule has 0 bridgehead atoms. The van der Waals surface area contributed by atoms with Crippen LogP contribution in [0.25, 0.3) is 11.0 Å². The van der Waals surface area contributed by atoms with Crippen molar-refractivity contribution in [3.8, 4) is 0 Å². The Bertz CT molecular complexity index is 486. The minimum absolute atomic E-state index is 0.396. The maximum Gasteiger partial charge on any atom is 0.132 e. The lowest BCUT2D eigenvalue weighted by molar-refractivity contribution is -0.120. The number of carbonyl (C=O) groups is 1. The molecule has 0 radical (unpaired) electrons. The highest BCUT2D eigenvalue weighted by atomic mass is 16.1. The van der Waals surface area contributed by atoms with Crippen LogP contribution in [0.3, 0.4) is 0 Å². The number of para-hydroxylation sites is 2. The SMILES string of the molecule is O=C1CCC(c2nc3ccccc3[nH]2)CC1. The normalized spacial score (nSPS) is 18.1. The number of H-pyrrole nitrogens is 1. The van der Waals surface area contributed by atoms with Crippen molar-refractivity contribution in [2.75, 3.05) is 0 Å². The lowest BCUT2D eigenvalue weighted by Gasteiger charge is -2.18. The third-order valence-corrected chi connectivity index (χ3v) is 3.34. The average Bonchev–Trinajstić information content (AvgIpc) is 2.73. The Balaban J connectivity index is 1.91. The summed E-state index contributed by atoms with van der Waals surface area (Å²) in [5, 5.41) is 0. The Morgan fingerprint density at radius 1 is 1.19 bits per heavy atom. The van der Waals surface area contributed by atoms with Gasteiger partial charge in [-0.2, -0.15) is 0 Å². The molecule has 3 nitrogen and oxygen atoms in total. The van der Waals surface area contributed by atoms with Gasteiger partial charge in [-0.25, -0.2) is 4.98 Å². The van der Waals surface area contributed by atoms with E-state index in [2.05, 4.69) is 9.97 Å². The molecular weight excluding hydrogens is 200 g/mol. The molecule has 0 unspecified atom stereocenters. The maximum atomic E-state index is 11.2. The summed E-state index contributed by atoms with van der Waals surface area (Å²) in [6, 6.07) is 8.06. The number of carbonyl (C=O) groups excluding carboxylic acids is 1. The summed E-state index contributed by atoms with van der Waals surface area (Å²) >= 11 is 0. The number of rotatable bonds is 1. The van der Waals surface area contributed by atoms with Crippen molar-refractivity contribution in [2.24, 2.45) is 0 Å². The lowest BCUT2D eigenvalue weighted by atomic mass is 9.88. The molecule has 1 heterocycles. The molecule has 2 aromatic rings. The van der Waals surface area contributed by atoms with Crippen molar-refractivity contribution in [3.05, 3.63) is 30.1 Å². The van der Waals surface area contributed by atoms with Crippen LogP contribution in [-0.4, -0.2) is 15.8 Å². The van der Waals surface area contributed by atoms with Gasteiger partial charge in [0.05, 0.1) is 11.0 Å². The zero-order valence-electron chi connectivity index (χ0n) is 9.07. The predicted octanol–water partition coefficient (Wildman–Crippen LogP) is 2.79. The molecule has 0 spiro atoms. The largest absolute Gasteiger partial charge is 0.342 e. The summed E-state index contributed by atoms with van der Waals surface area (Å²) in [5.41, 5.74) is 2.11. The summed E-state index contributed by atoms with van der Waals surface area (Å²) in [6.45, 7) is 0. The van der Waals surface area contributed by atoms with Crippen LogP contribution in [0.5, 0.6) is 0 Å². The first-order valence-electron chi connectivity index (χ1n) is 5.79. The molecule has 1 fully saturated rings. The predicted molar refractivity (Wildman–Crippen MR) is 62.3 cm³/mol. The van der Waals surface area contributed by atoms with E-state index in [0.29, 0.717) is 24.5 Å². The second-order valence-corrected chi connectivity index (χ2v) is 4.45. The molecule has 1 aliphatic carbocycles. The van der Waals surface area contributed by atoms with Crippen molar-refractivity contribution in [1.82, 2.24) is 9.97 Å². The lowest BCUT2D eigenvalue weighted by Crippen LogP contribution is -2.13. The van der Waals surface area contributed by atoms with Crippen LogP contribution in [0.2, 0.25) is 0 Å². The van der Waals surface area contributed by atoms with Gasteiger partial charge in [-0.1, -0.05) is 12.1 Å². The van der Waals surface area contributed by atoms with Gasteiger partial charge < -0.3 is 4.98 Å². The van der Waals surface area contributed by atoms with Gasteiger partial charge in [0.25, 0.3) is 0 Å². The van der Waals surface area contributed by atoms with E-state index in [9.17, 15) is 4.79 Å². The fourth-order valence-electron chi connectivity index (χ4n) is 2.38. The Kier molecular flexibility index (Phi) is 2.24. The van der Waals surface area contributed by atoms with Gasteiger partial charge in [0.1, 0.15) is 11.6 Å². The smallest absolute Gasteiger partial charge is 0.132 e. The Labute approximate surface area is 93.9 Å². The number of nitrogens with one attached hydrogen (secondary N) is 1. The van der Waals surface area contributed by atoms with Gasteiger partial charge in [-0.05, 0) is 25.0 Å². The van der Waals surface area contributed by atoms with Crippen molar-refractivity contribution >= 4 is 16.8 Å². The van der Waals surface area contributed by atoms with Crippen LogP contribution in [0.4, 0.5) is 0 Å². The van der Waals surface area contributed by atoms with Gasteiger partial charge in [0.2, 0.25) is 0 Å². The number of Topliss-reactive ketones (excluding diaryl/α,β-unsaturated/α-hetero) is 1. The van der Waals surface area contributed by atoms with E-state index >= 15 is 0 Å². The highest BCUT2D eigenvalue weighted by Crippen LogP contribution is 2.30. The molecule has 0 amide bonds. The van der Waals surface area contributed by atoms with E-state index in [0.717, 1.165) is 29.7 Å². The Morgan fingerprint density at radius 3 is 2.69 bits per heavy atom. The minimum atomic E-state index is 0.396. The first kappa shape index (κ1) is 9.58. The van der Waals surface area contributed by atoms with Gasteiger partial charge in [-0.3, -0.25) is 4.79 Å². The molecule has 16 heavy (non-hydrogen) atoms. The zero-order chi connectivity index (χ0) is 11.0. The summed E-state index contributed by atoms with van der Waals surface area (Å²) in [5.74, 6) is 1.88. The van der Waals surface area contributed by atoms with E-state index in [1.54, 1.807) is 0 Å². The van der Waals surface area contributed by atoms with Crippen LogP contribution >= 0.6 is 0 Å². The molecule has 0 saturated heterocycles. The number of ketones is 1. The minimum Gasteiger partial charge on any atom is -0.342 e. The van der Waals surface area contributed by atoms with E-state index in [1.165, 1.54) is 0 Å². The van der Waals surface area contributed by atoms with Crippen LogP contribution < -0.4 is 0 Å². The van der Waals surface area contributed by atoms with Crippen LogP contribution in [0.15, 0.2) is 24.3 Å². The number of nitrogens with zero attached hydrogens (tertiary/aromatic N) is 1. The standard InChI is InChI=1S/C13H14N2O/c16-10-7-5-9(6-8-10)13-14-11-3-1-2-4-12(11)15-13/h1-4,9H,5-8H2,(H,14,15). The van der Waals surface area contributed by atoms with Gasteiger partial charge in [0.15, 0.2) is 0 Å². The number of hydrogen-bond acceptors (Lipinski definition) is 2. The molecule has 3 heteroatoms. The van der Waals surface area contributed by atoms with Crippen molar-refractivity contribution in [3.63, 3.8) is 0 Å². The van der Waals surface area contributed by atoms with E-state index < -0.39 is 0 Å². The van der Waals surface area contributed by atoms with E-state index in [-0.39, 0.29) is 0 Å². The third-order valence-electron chi connectivity index (χ3n) is 3.34.